The van der Waals surface area contributed by atoms with E-state index in [0.717, 1.165) is 44.9 Å². The standard InChI is InChI=1S/C38H68O9/c1-2-3-4-5-6-7-8-9-10-11-15-21-26-31(40)34(41)33(47-38-37(44)36(43)35(42)32(28-39)46-38)29-45-27-22-16-13-12-14-18-23-30-24-19-17-20-25-30/h17,19-20,24-25,31-44H,2-16,18,21-23,26-29H2,1H3/t31-,32-,33-,34-,35+,36+,37-,38-/m1/s1. The molecule has 0 bridgehead atoms. The zero-order valence-corrected chi connectivity index (χ0v) is 29.2. The molecule has 1 fully saturated rings. The maximum Gasteiger partial charge on any atom is 0.187 e. The normalized spacial score (nSPS) is 23.5. The van der Waals surface area contributed by atoms with Gasteiger partial charge >= 0.3 is 0 Å². The number of rotatable bonds is 29. The highest BCUT2D eigenvalue weighted by molar-refractivity contribution is 5.14. The van der Waals surface area contributed by atoms with E-state index in [-0.39, 0.29) is 6.61 Å². The maximum atomic E-state index is 11.1. The van der Waals surface area contributed by atoms with Gasteiger partial charge in [-0.05, 0) is 31.2 Å². The van der Waals surface area contributed by atoms with Crippen LogP contribution in [-0.2, 0) is 20.6 Å². The summed E-state index contributed by atoms with van der Waals surface area (Å²) in [5.41, 5.74) is 1.38. The highest BCUT2D eigenvalue weighted by atomic mass is 16.7. The molecular weight excluding hydrogens is 600 g/mol. The number of aryl methyl sites for hydroxylation is 1. The lowest BCUT2D eigenvalue weighted by Crippen LogP contribution is -2.60. The van der Waals surface area contributed by atoms with Crippen molar-refractivity contribution in [2.45, 2.75) is 184 Å². The fraction of sp³-hybridized carbons (Fsp3) is 0.842. The Morgan fingerprint density at radius 1 is 0.681 bits per heavy atom. The molecule has 47 heavy (non-hydrogen) atoms. The number of aliphatic hydroxyl groups is 6. The lowest BCUT2D eigenvalue weighted by molar-refractivity contribution is -0.322. The van der Waals surface area contributed by atoms with E-state index in [1.165, 1.54) is 82.6 Å². The van der Waals surface area contributed by atoms with Crippen molar-refractivity contribution in [1.29, 1.82) is 0 Å². The molecule has 1 saturated heterocycles. The highest BCUT2D eigenvalue weighted by Gasteiger charge is 2.45. The molecule has 274 valence electrons. The fourth-order valence-corrected chi connectivity index (χ4v) is 6.27. The summed E-state index contributed by atoms with van der Waals surface area (Å²) in [6.45, 7) is 2.08. The molecule has 0 aromatic heterocycles. The molecule has 1 aliphatic rings. The van der Waals surface area contributed by atoms with Crippen molar-refractivity contribution >= 4 is 0 Å². The fourth-order valence-electron chi connectivity index (χ4n) is 6.27. The zero-order valence-electron chi connectivity index (χ0n) is 29.2. The van der Waals surface area contributed by atoms with E-state index >= 15 is 0 Å². The second-order valence-electron chi connectivity index (χ2n) is 13.5. The smallest absolute Gasteiger partial charge is 0.187 e. The lowest BCUT2D eigenvalue weighted by atomic mass is 9.98. The summed E-state index contributed by atoms with van der Waals surface area (Å²) in [5, 5.41) is 62.3. The van der Waals surface area contributed by atoms with E-state index < -0.39 is 55.6 Å². The third kappa shape index (κ3) is 17.9. The van der Waals surface area contributed by atoms with Gasteiger partial charge in [-0.15, -0.1) is 0 Å². The number of hydrogen-bond donors (Lipinski definition) is 6. The number of benzene rings is 1. The van der Waals surface area contributed by atoms with Gasteiger partial charge in [0.05, 0.1) is 19.3 Å². The predicted molar refractivity (Wildman–Crippen MR) is 185 cm³/mol. The van der Waals surface area contributed by atoms with Crippen molar-refractivity contribution in [3.05, 3.63) is 35.9 Å². The van der Waals surface area contributed by atoms with Crippen LogP contribution in [-0.4, -0.2) is 99.5 Å². The molecule has 0 spiro atoms. The highest BCUT2D eigenvalue weighted by Crippen LogP contribution is 2.25. The van der Waals surface area contributed by atoms with Gasteiger partial charge in [0.2, 0.25) is 0 Å². The third-order valence-electron chi connectivity index (χ3n) is 9.42. The van der Waals surface area contributed by atoms with Crippen LogP contribution in [0.25, 0.3) is 0 Å². The largest absolute Gasteiger partial charge is 0.394 e. The summed E-state index contributed by atoms with van der Waals surface area (Å²) in [6.07, 6.45) is 11.8. The Hall–Kier alpha value is -1.14. The van der Waals surface area contributed by atoms with Crippen LogP contribution in [0, 0.1) is 0 Å². The molecule has 1 aromatic rings. The zero-order chi connectivity index (χ0) is 34.1. The van der Waals surface area contributed by atoms with Crippen LogP contribution in [0.4, 0.5) is 0 Å². The van der Waals surface area contributed by atoms with Crippen molar-refractivity contribution in [3.63, 3.8) is 0 Å². The van der Waals surface area contributed by atoms with E-state index in [4.69, 9.17) is 14.2 Å². The molecule has 9 heteroatoms. The molecule has 8 atom stereocenters. The van der Waals surface area contributed by atoms with E-state index in [2.05, 4.69) is 31.2 Å². The van der Waals surface area contributed by atoms with Gasteiger partial charge in [-0.1, -0.05) is 140 Å². The molecule has 9 nitrogen and oxygen atoms in total. The molecule has 1 heterocycles. The molecular formula is C38H68O9. The number of aliphatic hydroxyl groups excluding tert-OH is 6. The second kappa shape index (κ2) is 26.7. The van der Waals surface area contributed by atoms with Crippen LogP contribution in [0.1, 0.15) is 134 Å². The first kappa shape index (κ1) is 42.0. The Bertz CT molecular complexity index is 842. The van der Waals surface area contributed by atoms with Crippen molar-refractivity contribution in [1.82, 2.24) is 0 Å². The van der Waals surface area contributed by atoms with E-state index in [1.807, 2.05) is 6.07 Å². The van der Waals surface area contributed by atoms with Gasteiger partial charge in [-0.2, -0.15) is 0 Å². The van der Waals surface area contributed by atoms with Gasteiger partial charge < -0.3 is 44.8 Å². The van der Waals surface area contributed by atoms with Crippen LogP contribution in [0.15, 0.2) is 30.3 Å². The summed E-state index contributed by atoms with van der Waals surface area (Å²) < 4.78 is 17.2. The molecule has 2 rings (SSSR count). The Morgan fingerprint density at radius 2 is 1.23 bits per heavy atom. The lowest BCUT2D eigenvalue weighted by Gasteiger charge is -2.41. The molecule has 0 unspecified atom stereocenters. The second-order valence-corrected chi connectivity index (χ2v) is 13.5. The SMILES string of the molecule is CCCCCCCCCCCCCC[C@@H](O)[C@@H](O)[C@@H](COCCCCCCCCc1ccccc1)O[C@H]1O[C@H](CO)[C@H](O)[C@H](O)[C@H]1O. The van der Waals surface area contributed by atoms with Gasteiger partial charge in [-0.3, -0.25) is 0 Å². The van der Waals surface area contributed by atoms with Gasteiger partial charge in [0.25, 0.3) is 0 Å². The van der Waals surface area contributed by atoms with Crippen molar-refractivity contribution in [2.75, 3.05) is 19.8 Å². The Morgan fingerprint density at radius 3 is 1.83 bits per heavy atom. The van der Waals surface area contributed by atoms with Crippen LogP contribution in [0.3, 0.4) is 0 Å². The van der Waals surface area contributed by atoms with Gasteiger partial charge in [-0.25, -0.2) is 0 Å². The topological polar surface area (TPSA) is 149 Å². The summed E-state index contributed by atoms with van der Waals surface area (Å²) in [4.78, 5) is 0. The third-order valence-corrected chi connectivity index (χ3v) is 9.42. The average Bonchev–Trinajstić information content (AvgIpc) is 3.09. The number of hydrogen-bond acceptors (Lipinski definition) is 9. The number of unbranched alkanes of at least 4 members (excludes halogenated alkanes) is 16. The molecule has 0 aliphatic carbocycles. The Kier molecular flexibility index (Phi) is 23.9. The molecule has 0 radical (unpaired) electrons. The van der Waals surface area contributed by atoms with Gasteiger partial charge in [0.1, 0.15) is 36.6 Å². The number of ether oxygens (including phenoxy) is 3. The van der Waals surface area contributed by atoms with Crippen molar-refractivity contribution in [3.8, 4) is 0 Å². The van der Waals surface area contributed by atoms with Crippen LogP contribution < -0.4 is 0 Å². The first-order valence-electron chi connectivity index (χ1n) is 18.8. The summed E-state index contributed by atoms with van der Waals surface area (Å²) >= 11 is 0. The first-order valence-corrected chi connectivity index (χ1v) is 18.8. The molecule has 1 aliphatic heterocycles. The maximum absolute atomic E-state index is 11.1. The predicted octanol–water partition coefficient (Wildman–Crippen LogP) is 5.58. The molecule has 1 aromatic carbocycles. The summed E-state index contributed by atoms with van der Waals surface area (Å²) in [7, 11) is 0. The monoisotopic (exact) mass is 668 g/mol. The Balaban J connectivity index is 1.71. The summed E-state index contributed by atoms with van der Waals surface area (Å²) in [6, 6.07) is 10.5. The van der Waals surface area contributed by atoms with Crippen molar-refractivity contribution in [2.24, 2.45) is 0 Å². The van der Waals surface area contributed by atoms with E-state index in [1.54, 1.807) is 0 Å². The summed E-state index contributed by atoms with van der Waals surface area (Å²) in [5.74, 6) is 0. The molecule has 6 N–H and O–H groups in total. The van der Waals surface area contributed by atoms with Crippen molar-refractivity contribution < 1.29 is 44.8 Å². The molecule has 0 amide bonds. The Labute approximate surface area is 284 Å². The minimum atomic E-state index is -1.60. The van der Waals surface area contributed by atoms with Crippen LogP contribution in [0.5, 0.6) is 0 Å². The van der Waals surface area contributed by atoms with Crippen LogP contribution >= 0.6 is 0 Å². The van der Waals surface area contributed by atoms with Crippen LogP contribution in [0.2, 0.25) is 0 Å². The quantitative estimate of drug-likeness (QED) is 0.0602. The average molecular weight is 669 g/mol. The molecule has 0 saturated carbocycles. The minimum Gasteiger partial charge on any atom is -0.394 e. The van der Waals surface area contributed by atoms with E-state index in [9.17, 15) is 30.6 Å². The van der Waals surface area contributed by atoms with E-state index in [0.29, 0.717) is 13.0 Å². The minimum absolute atomic E-state index is 0.0389. The first-order chi connectivity index (χ1) is 22.9. The van der Waals surface area contributed by atoms with Gasteiger partial charge in [0.15, 0.2) is 6.29 Å². The van der Waals surface area contributed by atoms with Gasteiger partial charge in [0, 0.05) is 6.61 Å².